The maximum Gasteiger partial charge on any atom is 0.0462 e. The zero-order chi connectivity index (χ0) is 8.39. The number of hydrogen-bond acceptors (Lipinski definition) is 1. The highest BCUT2D eigenvalue weighted by molar-refractivity contribution is 5.56. The van der Waals surface area contributed by atoms with E-state index in [9.17, 15) is 0 Å². The lowest BCUT2D eigenvalue weighted by molar-refractivity contribution is 0.741. The van der Waals surface area contributed by atoms with Crippen molar-refractivity contribution in [1.29, 1.82) is 0 Å². The SMILES string of the molecule is C[CH]N1CCCc2ccccc21. The fraction of sp³-hybridized carbons (Fsp3) is 0.364. The van der Waals surface area contributed by atoms with Gasteiger partial charge in [-0.15, -0.1) is 0 Å². The zero-order valence-corrected chi connectivity index (χ0v) is 7.46. The number of fused-ring (bicyclic) bond motifs is 1. The minimum absolute atomic E-state index is 1.17. The summed E-state index contributed by atoms with van der Waals surface area (Å²) in [6, 6.07) is 8.66. The molecule has 0 saturated heterocycles. The van der Waals surface area contributed by atoms with Gasteiger partial charge in [-0.25, -0.2) is 0 Å². The van der Waals surface area contributed by atoms with Crippen molar-refractivity contribution in [2.24, 2.45) is 0 Å². The van der Waals surface area contributed by atoms with Crippen LogP contribution in [0, 0.1) is 6.54 Å². The third-order valence-electron chi connectivity index (χ3n) is 2.46. The van der Waals surface area contributed by atoms with E-state index in [1.807, 2.05) is 0 Å². The summed E-state index contributed by atoms with van der Waals surface area (Å²) in [5.74, 6) is 0. The minimum Gasteiger partial charge on any atom is -0.367 e. The maximum atomic E-state index is 2.33. The minimum atomic E-state index is 1.17. The van der Waals surface area contributed by atoms with Crippen molar-refractivity contribution >= 4 is 5.69 Å². The lowest BCUT2D eigenvalue weighted by Gasteiger charge is -2.29. The predicted molar refractivity (Wildman–Crippen MR) is 52.1 cm³/mol. The Kier molecular flexibility index (Phi) is 2.03. The van der Waals surface area contributed by atoms with Crippen LogP contribution in [0.3, 0.4) is 0 Å². The van der Waals surface area contributed by atoms with Gasteiger partial charge in [-0.2, -0.15) is 0 Å². The molecule has 0 atom stereocenters. The molecule has 1 nitrogen and oxygen atoms in total. The summed E-state index contributed by atoms with van der Waals surface area (Å²) in [6.07, 6.45) is 2.52. The van der Waals surface area contributed by atoms with E-state index >= 15 is 0 Å². The molecule has 1 aromatic rings. The first kappa shape index (κ1) is 7.66. The molecule has 0 amide bonds. The third-order valence-corrected chi connectivity index (χ3v) is 2.46. The Hall–Kier alpha value is -0.980. The molecule has 63 valence electrons. The van der Waals surface area contributed by atoms with Gasteiger partial charge in [0.2, 0.25) is 0 Å². The zero-order valence-electron chi connectivity index (χ0n) is 7.46. The van der Waals surface area contributed by atoms with Crippen molar-refractivity contribution in [2.75, 3.05) is 11.4 Å². The van der Waals surface area contributed by atoms with Gasteiger partial charge in [0.25, 0.3) is 0 Å². The van der Waals surface area contributed by atoms with Crippen molar-refractivity contribution in [2.45, 2.75) is 19.8 Å². The third kappa shape index (κ3) is 1.20. The summed E-state index contributed by atoms with van der Waals surface area (Å²) in [7, 11) is 0. The van der Waals surface area contributed by atoms with Crippen LogP contribution in [0.15, 0.2) is 24.3 Å². The largest absolute Gasteiger partial charge is 0.367 e. The van der Waals surface area contributed by atoms with E-state index in [1.54, 1.807) is 0 Å². The second-order valence-electron chi connectivity index (χ2n) is 3.18. The van der Waals surface area contributed by atoms with Gasteiger partial charge in [-0.3, -0.25) is 0 Å². The Bertz CT molecular complexity index is 267. The number of rotatable bonds is 1. The summed E-state index contributed by atoms with van der Waals surface area (Å²) in [5.41, 5.74) is 2.88. The number of aryl methyl sites for hydroxylation is 1. The summed E-state index contributed by atoms with van der Waals surface area (Å²) >= 11 is 0. The van der Waals surface area contributed by atoms with Crippen LogP contribution in [-0.2, 0) is 6.42 Å². The Morgan fingerprint density at radius 2 is 2.17 bits per heavy atom. The molecule has 12 heavy (non-hydrogen) atoms. The first-order valence-corrected chi connectivity index (χ1v) is 4.56. The van der Waals surface area contributed by atoms with Crippen molar-refractivity contribution in [3.05, 3.63) is 36.4 Å². The van der Waals surface area contributed by atoms with Crippen LogP contribution in [0.2, 0.25) is 0 Å². The number of anilines is 1. The van der Waals surface area contributed by atoms with Gasteiger partial charge in [-0.05, 0) is 31.4 Å². The van der Waals surface area contributed by atoms with E-state index in [-0.39, 0.29) is 0 Å². The molecule has 0 N–H and O–H groups in total. The number of para-hydroxylation sites is 1. The standard InChI is InChI=1S/C11H14N/c1-2-12-9-5-7-10-6-3-4-8-11(10)12/h2-4,6,8H,5,7,9H2,1H3. The molecule has 1 heterocycles. The van der Waals surface area contributed by atoms with E-state index in [0.717, 1.165) is 0 Å². The van der Waals surface area contributed by atoms with Crippen LogP contribution < -0.4 is 4.90 Å². The molecule has 2 rings (SSSR count). The van der Waals surface area contributed by atoms with Gasteiger partial charge in [0.15, 0.2) is 0 Å². The molecule has 1 aliphatic heterocycles. The quantitative estimate of drug-likeness (QED) is 0.610. The summed E-state index contributed by atoms with van der Waals surface area (Å²) in [5, 5.41) is 0. The fourth-order valence-corrected chi connectivity index (χ4v) is 1.83. The Morgan fingerprint density at radius 3 is 3.00 bits per heavy atom. The van der Waals surface area contributed by atoms with Crippen LogP contribution >= 0.6 is 0 Å². The molecule has 1 radical (unpaired) electrons. The molecule has 1 aliphatic rings. The van der Waals surface area contributed by atoms with E-state index in [0.29, 0.717) is 0 Å². The van der Waals surface area contributed by atoms with Gasteiger partial charge in [-0.1, -0.05) is 18.2 Å². The van der Waals surface area contributed by atoms with Crippen molar-refractivity contribution < 1.29 is 0 Å². The molecule has 0 aromatic heterocycles. The van der Waals surface area contributed by atoms with Crippen molar-refractivity contribution in [3.8, 4) is 0 Å². The highest BCUT2D eigenvalue weighted by atomic mass is 15.1. The number of hydrogen-bond donors (Lipinski definition) is 0. The molecule has 1 heteroatoms. The van der Waals surface area contributed by atoms with Gasteiger partial charge in [0.05, 0.1) is 0 Å². The lowest BCUT2D eigenvalue weighted by atomic mass is 10.0. The molecule has 0 saturated carbocycles. The van der Waals surface area contributed by atoms with E-state index in [1.165, 1.54) is 30.6 Å². The van der Waals surface area contributed by atoms with Gasteiger partial charge in [0, 0.05) is 18.8 Å². The molecular formula is C11H14N. The van der Waals surface area contributed by atoms with E-state index in [4.69, 9.17) is 0 Å². The van der Waals surface area contributed by atoms with Crippen LogP contribution in [0.1, 0.15) is 18.9 Å². The fourth-order valence-electron chi connectivity index (χ4n) is 1.83. The predicted octanol–water partition coefficient (Wildman–Crippen LogP) is 2.62. The molecule has 1 aromatic carbocycles. The first-order valence-electron chi connectivity index (χ1n) is 4.56. The van der Waals surface area contributed by atoms with E-state index < -0.39 is 0 Å². The Balaban J connectivity index is 2.37. The molecule has 0 fully saturated rings. The second kappa shape index (κ2) is 3.18. The molecule has 0 aliphatic carbocycles. The molecule has 0 unspecified atom stereocenters. The Morgan fingerprint density at radius 1 is 1.33 bits per heavy atom. The summed E-state index contributed by atoms with van der Waals surface area (Å²) in [4.78, 5) is 2.33. The average Bonchev–Trinajstić information content (AvgIpc) is 2.17. The van der Waals surface area contributed by atoms with Crippen LogP contribution in [0.5, 0.6) is 0 Å². The average molecular weight is 160 g/mol. The van der Waals surface area contributed by atoms with Gasteiger partial charge < -0.3 is 4.90 Å². The van der Waals surface area contributed by atoms with Crippen molar-refractivity contribution in [3.63, 3.8) is 0 Å². The van der Waals surface area contributed by atoms with Gasteiger partial charge in [0.1, 0.15) is 0 Å². The van der Waals surface area contributed by atoms with Crippen LogP contribution in [0.25, 0.3) is 0 Å². The molecule has 0 spiro atoms. The van der Waals surface area contributed by atoms with Crippen LogP contribution in [0.4, 0.5) is 5.69 Å². The number of benzene rings is 1. The molecular weight excluding hydrogens is 146 g/mol. The van der Waals surface area contributed by atoms with Crippen LogP contribution in [-0.4, -0.2) is 6.54 Å². The Labute approximate surface area is 74.0 Å². The monoisotopic (exact) mass is 160 g/mol. The van der Waals surface area contributed by atoms with Gasteiger partial charge >= 0.3 is 0 Å². The van der Waals surface area contributed by atoms with Crippen molar-refractivity contribution in [1.82, 2.24) is 0 Å². The topological polar surface area (TPSA) is 3.24 Å². The van der Waals surface area contributed by atoms with E-state index in [2.05, 4.69) is 42.6 Å². The summed E-state index contributed by atoms with van der Waals surface area (Å²) in [6.45, 7) is 5.44. The smallest absolute Gasteiger partial charge is 0.0462 e. The number of nitrogens with zero attached hydrogens (tertiary/aromatic N) is 1. The highest BCUT2D eigenvalue weighted by Crippen LogP contribution is 2.26. The molecule has 0 bridgehead atoms. The summed E-state index contributed by atoms with van der Waals surface area (Å²) < 4.78 is 0. The second-order valence-corrected chi connectivity index (χ2v) is 3.18. The highest BCUT2D eigenvalue weighted by Gasteiger charge is 2.13. The normalized spacial score (nSPS) is 15.9. The first-order chi connectivity index (χ1) is 5.92. The lowest BCUT2D eigenvalue weighted by Crippen LogP contribution is -2.25. The maximum absolute atomic E-state index is 2.33.